The van der Waals surface area contributed by atoms with Gasteiger partial charge in [-0.25, -0.2) is 18.6 Å². The van der Waals surface area contributed by atoms with Crippen molar-refractivity contribution in [3.05, 3.63) is 70.2 Å². The van der Waals surface area contributed by atoms with Crippen molar-refractivity contribution in [1.29, 1.82) is 0 Å². The van der Waals surface area contributed by atoms with Gasteiger partial charge in [-0.3, -0.25) is 4.90 Å². The van der Waals surface area contributed by atoms with Crippen molar-refractivity contribution in [2.24, 2.45) is 0 Å². The lowest BCUT2D eigenvalue weighted by Crippen LogP contribution is -2.52. The van der Waals surface area contributed by atoms with Crippen LogP contribution < -0.4 is 20.1 Å². The van der Waals surface area contributed by atoms with Gasteiger partial charge >= 0.3 is 6.03 Å². The molecule has 0 spiro atoms. The number of fused-ring (bicyclic) bond motifs is 1. The number of nitrogens with one attached hydrogen (secondary N) is 2. The van der Waals surface area contributed by atoms with Crippen molar-refractivity contribution >= 4 is 23.1 Å². The van der Waals surface area contributed by atoms with Gasteiger partial charge < -0.3 is 20.1 Å². The van der Waals surface area contributed by atoms with Crippen molar-refractivity contribution in [1.82, 2.24) is 15.2 Å². The highest BCUT2D eigenvalue weighted by Gasteiger charge is 2.51. The number of halogens is 2. The number of ether oxygens (including phenoxy) is 2. The number of amides is 2. The molecular weight excluding hydrogens is 498 g/mol. The topological polar surface area (TPSA) is 75.7 Å². The maximum atomic E-state index is 13.6. The molecule has 3 atom stereocenters. The van der Waals surface area contributed by atoms with Gasteiger partial charge in [0.05, 0.1) is 20.8 Å². The van der Waals surface area contributed by atoms with E-state index in [2.05, 4.69) is 32.7 Å². The number of anilines is 1. The number of hydrogen-bond acceptors (Lipinski definition) is 6. The summed E-state index contributed by atoms with van der Waals surface area (Å²) in [6, 6.07) is 9.17. The average molecular weight is 529 g/mol. The third kappa shape index (κ3) is 5.13. The lowest BCUT2D eigenvalue weighted by molar-refractivity contribution is 0.131. The van der Waals surface area contributed by atoms with E-state index in [4.69, 9.17) is 9.47 Å². The summed E-state index contributed by atoms with van der Waals surface area (Å²) in [5.74, 6) is -0.552. The number of aromatic nitrogens is 1. The van der Waals surface area contributed by atoms with Gasteiger partial charge in [-0.1, -0.05) is 6.07 Å². The second kappa shape index (κ2) is 10.6. The van der Waals surface area contributed by atoms with Gasteiger partial charge in [0.25, 0.3) is 0 Å². The van der Waals surface area contributed by atoms with Gasteiger partial charge in [-0.05, 0) is 62.1 Å². The molecule has 1 aliphatic carbocycles. The Labute approximate surface area is 218 Å². The fourth-order valence-electron chi connectivity index (χ4n) is 5.88. The van der Waals surface area contributed by atoms with E-state index < -0.39 is 17.7 Å². The highest BCUT2D eigenvalue weighted by atomic mass is 32.1. The van der Waals surface area contributed by atoms with E-state index in [1.165, 1.54) is 11.6 Å². The molecule has 2 aromatic carbocycles. The average Bonchev–Trinajstić information content (AvgIpc) is 3.55. The van der Waals surface area contributed by atoms with Gasteiger partial charge in [-0.15, -0.1) is 11.3 Å². The first-order chi connectivity index (χ1) is 17.9. The number of carbonyl (C=O) groups is 1. The minimum Gasteiger partial charge on any atom is -0.493 e. The number of hydrogen-bond donors (Lipinski definition) is 2. The molecule has 10 heteroatoms. The summed E-state index contributed by atoms with van der Waals surface area (Å²) >= 11 is 1.64. The zero-order chi connectivity index (χ0) is 26.0. The third-order valence-corrected chi connectivity index (χ3v) is 8.43. The van der Waals surface area contributed by atoms with Crippen LogP contribution >= 0.6 is 11.3 Å². The van der Waals surface area contributed by atoms with Gasteiger partial charge in [0.2, 0.25) is 0 Å². The zero-order valence-corrected chi connectivity index (χ0v) is 21.6. The molecule has 0 radical (unpaired) electrons. The van der Waals surface area contributed by atoms with Crippen LogP contribution in [-0.4, -0.2) is 48.8 Å². The molecule has 1 aromatic heterocycles. The van der Waals surface area contributed by atoms with Crippen LogP contribution in [0.4, 0.5) is 19.3 Å². The first-order valence-electron chi connectivity index (χ1n) is 12.3. The second-order valence-electron chi connectivity index (χ2n) is 9.59. The Balaban J connectivity index is 1.36. The van der Waals surface area contributed by atoms with E-state index in [-0.39, 0.29) is 23.2 Å². The summed E-state index contributed by atoms with van der Waals surface area (Å²) in [6.07, 6.45) is 5.25. The number of carbonyl (C=O) groups excluding carboxylic acids is 1. The highest BCUT2D eigenvalue weighted by molar-refractivity contribution is 7.09. The number of methoxy groups -OCH3 is 2. The fourth-order valence-corrected chi connectivity index (χ4v) is 6.52. The summed E-state index contributed by atoms with van der Waals surface area (Å²) in [7, 11) is 3.28. The Morgan fingerprint density at radius 2 is 1.97 bits per heavy atom. The molecule has 2 fully saturated rings. The van der Waals surface area contributed by atoms with Crippen molar-refractivity contribution in [3.63, 3.8) is 0 Å². The molecule has 3 aromatic rings. The van der Waals surface area contributed by atoms with Gasteiger partial charge in [0, 0.05) is 40.8 Å². The standard InChI is InChI=1S/C27H30F2N4O3S/c1-35-22-6-3-17(13-23(22)36-2)27-8-7-19(32-26(34)31-18-4-5-20(28)21(29)14-18)15-24(27)33(11-9-27)16-25-30-10-12-37-25/h3-6,10,12-14,19,24H,7-9,11,15-16H2,1-2H3,(H2,31,32,34)/t19-,24+,27-/m0/s1. The quantitative estimate of drug-likeness (QED) is 0.434. The second-order valence-corrected chi connectivity index (χ2v) is 10.6. The van der Waals surface area contributed by atoms with E-state index in [9.17, 15) is 13.6 Å². The Bertz CT molecular complexity index is 1260. The first kappa shape index (κ1) is 25.4. The summed E-state index contributed by atoms with van der Waals surface area (Å²) < 4.78 is 37.9. The minimum absolute atomic E-state index is 0.0690. The van der Waals surface area contributed by atoms with Gasteiger partial charge in [0.1, 0.15) is 5.01 Å². The van der Waals surface area contributed by atoms with Crippen LogP contribution in [0.15, 0.2) is 48.0 Å². The molecule has 2 aliphatic rings. The smallest absolute Gasteiger partial charge is 0.319 e. The first-order valence-corrected chi connectivity index (χ1v) is 13.2. The predicted molar refractivity (Wildman–Crippen MR) is 138 cm³/mol. The molecule has 0 unspecified atom stereocenters. The zero-order valence-electron chi connectivity index (χ0n) is 20.8. The molecule has 2 heterocycles. The molecule has 0 bridgehead atoms. The molecule has 2 N–H and O–H groups in total. The molecule has 196 valence electrons. The number of rotatable bonds is 7. The monoisotopic (exact) mass is 528 g/mol. The van der Waals surface area contributed by atoms with Crippen LogP contribution in [0.5, 0.6) is 11.5 Å². The number of thiazole rings is 1. The lowest BCUT2D eigenvalue weighted by atomic mass is 9.65. The van der Waals surface area contributed by atoms with E-state index in [0.29, 0.717) is 11.5 Å². The molecule has 2 amide bonds. The van der Waals surface area contributed by atoms with E-state index in [1.54, 1.807) is 25.6 Å². The molecule has 1 saturated carbocycles. The summed E-state index contributed by atoms with van der Waals surface area (Å²) in [5, 5.41) is 8.73. The Hall–Kier alpha value is -3.24. The number of urea groups is 1. The molecular formula is C27H30F2N4O3S. The summed E-state index contributed by atoms with van der Waals surface area (Å²) in [6.45, 7) is 1.68. The van der Waals surface area contributed by atoms with Crippen molar-refractivity contribution in [3.8, 4) is 11.5 Å². The molecule has 37 heavy (non-hydrogen) atoms. The predicted octanol–water partition coefficient (Wildman–Crippen LogP) is 5.33. The van der Waals surface area contributed by atoms with E-state index in [1.807, 2.05) is 17.6 Å². The summed E-state index contributed by atoms with van der Waals surface area (Å²) in [5.41, 5.74) is 1.32. The van der Waals surface area contributed by atoms with E-state index in [0.717, 1.165) is 55.9 Å². The van der Waals surface area contributed by atoms with Crippen molar-refractivity contribution in [2.45, 2.75) is 49.7 Å². The molecule has 1 saturated heterocycles. The minimum atomic E-state index is -1.00. The van der Waals surface area contributed by atoms with Crippen LogP contribution in [0.1, 0.15) is 36.3 Å². The maximum Gasteiger partial charge on any atom is 0.319 e. The number of likely N-dealkylation sites (tertiary alicyclic amines) is 1. The van der Waals surface area contributed by atoms with Crippen LogP contribution in [0, 0.1) is 11.6 Å². The van der Waals surface area contributed by atoms with Gasteiger partial charge in [-0.2, -0.15) is 0 Å². The van der Waals surface area contributed by atoms with Crippen LogP contribution in [-0.2, 0) is 12.0 Å². The van der Waals surface area contributed by atoms with Crippen LogP contribution in [0.25, 0.3) is 0 Å². The van der Waals surface area contributed by atoms with Crippen LogP contribution in [0.3, 0.4) is 0 Å². The van der Waals surface area contributed by atoms with Crippen molar-refractivity contribution in [2.75, 3.05) is 26.1 Å². The van der Waals surface area contributed by atoms with E-state index >= 15 is 0 Å². The Morgan fingerprint density at radius 1 is 1.14 bits per heavy atom. The van der Waals surface area contributed by atoms with Crippen molar-refractivity contribution < 1.29 is 23.0 Å². The third-order valence-electron chi connectivity index (χ3n) is 7.66. The highest BCUT2D eigenvalue weighted by Crippen LogP contribution is 2.50. The molecule has 1 aliphatic heterocycles. The lowest BCUT2D eigenvalue weighted by Gasteiger charge is -2.45. The largest absolute Gasteiger partial charge is 0.493 e. The van der Waals surface area contributed by atoms with Gasteiger partial charge in [0.15, 0.2) is 23.1 Å². The molecule has 7 nitrogen and oxygen atoms in total. The SMILES string of the molecule is COc1ccc([C@@]23CC[C@H](NC(=O)Nc4ccc(F)c(F)c4)C[C@H]2N(Cc2nccs2)CC3)cc1OC. The molecule has 5 rings (SSSR count). The number of nitrogens with zero attached hydrogens (tertiary/aromatic N) is 2. The summed E-state index contributed by atoms with van der Waals surface area (Å²) in [4.78, 5) is 19.7. The maximum absolute atomic E-state index is 13.6. The number of benzene rings is 2. The van der Waals surface area contributed by atoms with Crippen LogP contribution in [0.2, 0.25) is 0 Å². The fraction of sp³-hybridized carbons (Fsp3) is 0.407. The normalized spacial score (nSPS) is 23.4. The Morgan fingerprint density at radius 3 is 2.70 bits per heavy atom. The Kier molecular flexibility index (Phi) is 7.30.